The van der Waals surface area contributed by atoms with Crippen molar-refractivity contribution in [2.45, 2.75) is 53.9 Å². The highest BCUT2D eigenvalue weighted by atomic mass is 14.2. The van der Waals surface area contributed by atoms with E-state index >= 15 is 0 Å². The van der Waals surface area contributed by atoms with Gasteiger partial charge in [-0.25, -0.2) is 0 Å². The quantitative estimate of drug-likeness (QED) is 0.541. The zero-order valence-corrected chi connectivity index (χ0v) is 15.4. The van der Waals surface area contributed by atoms with Crippen molar-refractivity contribution in [2.24, 2.45) is 0 Å². The first-order valence-electron chi connectivity index (χ1n) is 8.11. The summed E-state index contributed by atoms with van der Waals surface area (Å²) in [5.41, 5.74) is 2.80. The second-order valence-electron chi connectivity index (χ2n) is 4.65. The van der Waals surface area contributed by atoms with Crippen LogP contribution in [0.2, 0.25) is 0 Å². The zero-order valence-electron chi connectivity index (χ0n) is 15.4. The molecule has 0 N–H and O–H groups in total. The molecule has 2 aromatic rings. The molecule has 0 saturated carbocycles. The maximum absolute atomic E-state index is 4.60. The minimum absolute atomic E-state index is 0.0858. The molecule has 0 bridgehead atoms. The van der Waals surface area contributed by atoms with Crippen LogP contribution in [0.1, 0.15) is 59.6 Å². The second-order valence-corrected chi connectivity index (χ2v) is 4.65. The molecule has 0 aromatic heterocycles. The maximum atomic E-state index is 4.60. The Morgan fingerprint density at radius 2 is 0.909 bits per heavy atom. The predicted octanol–water partition coefficient (Wildman–Crippen LogP) is 6.70. The smallest absolute Gasteiger partial charge is 0.0146 e. The molecule has 0 atom stereocenters. The zero-order chi connectivity index (χ0) is 17.4. The summed E-state index contributed by atoms with van der Waals surface area (Å²) in [4.78, 5) is 0. The summed E-state index contributed by atoms with van der Waals surface area (Å²) in [6, 6.07) is 21.3. The number of hydrogen-bond donors (Lipinski definition) is 0. The topological polar surface area (TPSA) is 0 Å². The van der Waals surface area contributed by atoms with Crippen LogP contribution in [0.25, 0.3) is 0 Å². The molecule has 0 radical (unpaired) electrons. The Labute approximate surface area is 138 Å². The molecule has 0 saturated heterocycles. The van der Waals surface area contributed by atoms with E-state index in [1.807, 2.05) is 27.7 Å². The number of hydrogen-bond acceptors (Lipinski definition) is 0. The Morgan fingerprint density at radius 3 is 1.14 bits per heavy atom. The first kappa shape index (κ1) is 22.3. The van der Waals surface area contributed by atoms with Crippen LogP contribution in [0.4, 0.5) is 0 Å². The molecule has 0 unspecified atom stereocenters. The third-order valence-electron chi connectivity index (χ3n) is 2.99. The van der Waals surface area contributed by atoms with E-state index in [0.717, 1.165) is 0 Å². The van der Waals surface area contributed by atoms with Gasteiger partial charge in [0.15, 0.2) is 0 Å². The summed E-state index contributed by atoms with van der Waals surface area (Å²) in [7, 11) is 0. The van der Waals surface area contributed by atoms with E-state index in [-0.39, 0.29) is 5.41 Å². The van der Waals surface area contributed by atoms with E-state index < -0.39 is 0 Å². The monoisotopic (exact) mass is 296 g/mol. The fraction of sp³-hybridized carbons (Fsp3) is 0.364. The Bertz CT molecular complexity index is 445. The van der Waals surface area contributed by atoms with Gasteiger partial charge in [-0.15, -0.1) is 12.3 Å². The first-order valence-corrected chi connectivity index (χ1v) is 8.11. The molecule has 0 fully saturated rings. The molecule has 0 heteroatoms. The van der Waals surface area contributed by atoms with Crippen LogP contribution in [0, 0.1) is 12.3 Å². The highest BCUT2D eigenvalue weighted by molar-refractivity contribution is 5.36. The van der Waals surface area contributed by atoms with E-state index in [2.05, 4.69) is 86.9 Å². The van der Waals surface area contributed by atoms with Crippen molar-refractivity contribution in [3.63, 3.8) is 0 Å². The normalized spacial score (nSPS) is 8.64. The highest BCUT2D eigenvalue weighted by Gasteiger charge is 2.21. The van der Waals surface area contributed by atoms with Crippen molar-refractivity contribution in [3.8, 4) is 12.3 Å². The van der Waals surface area contributed by atoms with Crippen LogP contribution < -0.4 is 0 Å². The van der Waals surface area contributed by atoms with Gasteiger partial charge in [-0.1, -0.05) is 102 Å². The molecule has 120 valence electrons. The van der Waals surface area contributed by atoms with Gasteiger partial charge >= 0.3 is 0 Å². The van der Waals surface area contributed by atoms with Gasteiger partial charge in [-0.2, -0.15) is 0 Å². The molecule has 22 heavy (non-hydrogen) atoms. The average Bonchev–Trinajstić information content (AvgIpc) is 2.61. The van der Waals surface area contributed by atoms with E-state index in [1.54, 1.807) is 6.92 Å². The lowest BCUT2D eigenvalue weighted by Crippen LogP contribution is -2.18. The Hall–Kier alpha value is -2.00. The minimum atomic E-state index is 0.0858. The molecule has 0 spiro atoms. The Morgan fingerprint density at radius 1 is 0.682 bits per heavy atom. The van der Waals surface area contributed by atoms with E-state index in [4.69, 9.17) is 0 Å². The SMILES string of the molecule is C#CC.CC.CC.CC(C)(c1ccccc1)c1ccccc1. The highest BCUT2D eigenvalue weighted by Crippen LogP contribution is 2.30. The van der Waals surface area contributed by atoms with Gasteiger partial charge < -0.3 is 0 Å². The maximum Gasteiger partial charge on any atom is 0.0146 e. The van der Waals surface area contributed by atoms with Gasteiger partial charge in [0.2, 0.25) is 0 Å². The number of rotatable bonds is 2. The van der Waals surface area contributed by atoms with Crippen LogP contribution in [-0.2, 0) is 5.41 Å². The molecule has 0 aliphatic rings. The molecule has 0 nitrogen and oxygen atoms in total. The predicted molar refractivity (Wildman–Crippen MR) is 102 cm³/mol. The number of benzene rings is 2. The van der Waals surface area contributed by atoms with Crippen LogP contribution in [0.5, 0.6) is 0 Å². The summed E-state index contributed by atoms with van der Waals surface area (Å²) in [6.45, 7) is 14.2. The van der Waals surface area contributed by atoms with Gasteiger partial charge in [-0.3, -0.25) is 0 Å². The molecule has 2 rings (SSSR count). The largest absolute Gasteiger partial charge is 0.120 e. The summed E-state index contributed by atoms with van der Waals surface area (Å²) < 4.78 is 0. The van der Waals surface area contributed by atoms with Crippen molar-refractivity contribution in [3.05, 3.63) is 71.8 Å². The number of terminal acetylenes is 1. The van der Waals surface area contributed by atoms with Crippen LogP contribution in [0.15, 0.2) is 60.7 Å². The Balaban J connectivity index is 0. The molecule has 0 aliphatic heterocycles. The van der Waals surface area contributed by atoms with Crippen LogP contribution in [0.3, 0.4) is 0 Å². The third kappa shape index (κ3) is 7.70. The van der Waals surface area contributed by atoms with Crippen molar-refractivity contribution in [1.82, 2.24) is 0 Å². The first-order chi connectivity index (χ1) is 10.6. The standard InChI is InChI=1S/C15H16.C3H4.2C2H6/c1-15(2,13-9-5-3-6-10-13)14-11-7-4-8-12-14;1-3-2;2*1-2/h3-12H,1-2H3;1H,2H3;2*1-2H3. The van der Waals surface area contributed by atoms with Crippen molar-refractivity contribution < 1.29 is 0 Å². The van der Waals surface area contributed by atoms with Gasteiger partial charge in [-0.05, 0) is 18.1 Å². The summed E-state index contributed by atoms with van der Waals surface area (Å²) in [5, 5.41) is 0. The fourth-order valence-electron chi connectivity index (χ4n) is 1.88. The van der Waals surface area contributed by atoms with Crippen molar-refractivity contribution in [1.29, 1.82) is 0 Å². The Kier molecular flexibility index (Phi) is 14.1. The molecule has 0 aliphatic carbocycles. The molecule has 0 heterocycles. The molecule has 0 amide bonds. The minimum Gasteiger partial charge on any atom is -0.120 e. The van der Waals surface area contributed by atoms with Gasteiger partial charge in [0.05, 0.1) is 0 Å². The van der Waals surface area contributed by atoms with Crippen molar-refractivity contribution in [2.75, 3.05) is 0 Å². The molecular formula is C22H32. The van der Waals surface area contributed by atoms with E-state index in [0.29, 0.717) is 0 Å². The van der Waals surface area contributed by atoms with Gasteiger partial charge in [0, 0.05) is 5.41 Å². The lowest BCUT2D eigenvalue weighted by molar-refractivity contribution is 0.641. The fourth-order valence-corrected chi connectivity index (χ4v) is 1.88. The van der Waals surface area contributed by atoms with Crippen LogP contribution in [-0.4, -0.2) is 0 Å². The molecular weight excluding hydrogens is 264 g/mol. The van der Waals surface area contributed by atoms with Gasteiger partial charge in [0.25, 0.3) is 0 Å². The second kappa shape index (κ2) is 14.0. The lowest BCUT2D eigenvalue weighted by atomic mass is 9.78. The summed E-state index contributed by atoms with van der Waals surface area (Å²) in [5.74, 6) is 2.25. The van der Waals surface area contributed by atoms with Crippen LogP contribution >= 0.6 is 0 Å². The summed E-state index contributed by atoms with van der Waals surface area (Å²) in [6.07, 6.45) is 4.60. The third-order valence-corrected chi connectivity index (χ3v) is 2.99. The van der Waals surface area contributed by atoms with Crippen molar-refractivity contribution >= 4 is 0 Å². The summed E-state index contributed by atoms with van der Waals surface area (Å²) >= 11 is 0. The molecule has 2 aromatic carbocycles. The van der Waals surface area contributed by atoms with E-state index in [1.165, 1.54) is 11.1 Å². The average molecular weight is 296 g/mol. The lowest BCUT2D eigenvalue weighted by Gasteiger charge is -2.25. The van der Waals surface area contributed by atoms with E-state index in [9.17, 15) is 0 Å². The van der Waals surface area contributed by atoms with Gasteiger partial charge in [0.1, 0.15) is 0 Å².